The van der Waals surface area contributed by atoms with E-state index in [9.17, 15) is 9.18 Å². The van der Waals surface area contributed by atoms with Gasteiger partial charge in [-0.15, -0.1) is 0 Å². The van der Waals surface area contributed by atoms with Gasteiger partial charge in [0, 0.05) is 34.7 Å². The number of ether oxygens (including phenoxy) is 5. The molecule has 0 amide bonds. The molecule has 34 heavy (non-hydrogen) atoms. The van der Waals surface area contributed by atoms with Crippen molar-refractivity contribution in [2.75, 3.05) is 13.4 Å². The summed E-state index contributed by atoms with van der Waals surface area (Å²) in [6.45, 7) is 0.504. The van der Waals surface area contributed by atoms with Crippen LogP contribution in [0.2, 0.25) is 0 Å². The van der Waals surface area contributed by atoms with Gasteiger partial charge in [-0.3, -0.25) is 4.79 Å². The van der Waals surface area contributed by atoms with Crippen molar-refractivity contribution in [2.24, 2.45) is 0 Å². The predicted molar refractivity (Wildman–Crippen MR) is 118 cm³/mol. The Kier molecular flexibility index (Phi) is 4.94. The van der Waals surface area contributed by atoms with Gasteiger partial charge in [-0.2, -0.15) is 0 Å². The molecule has 0 saturated carbocycles. The molecule has 3 aromatic rings. The van der Waals surface area contributed by atoms with Gasteiger partial charge in [0.05, 0.1) is 13.0 Å². The third-order valence-electron chi connectivity index (χ3n) is 6.38. The van der Waals surface area contributed by atoms with Crippen molar-refractivity contribution in [3.8, 4) is 34.5 Å². The molecule has 0 aromatic heterocycles. The van der Waals surface area contributed by atoms with Gasteiger partial charge in [0.1, 0.15) is 34.9 Å². The van der Waals surface area contributed by atoms with Crippen LogP contribution >= 0.6 is 0 Å². The molecule has 2 atom stereocenters. The van der Waals surface area contributed by atoms with Crippen molar-refractivity contribution in [1.29, 1.82) is 0 Å². The molecule has 1 N–H and O–H groups in total. The first kappa shape index (κ1) is 20.7. The first-order chi connectivity index (χ1) is 16.5. The van der Waals surface area contributed by atoms with Crippen molar-refractivity contribution < 1.29 is 38.0 Å². The van der Waals surface area contributed by atoms with E-state index in [1.165, 1.54) is 6.07 Å². The van der Waals surface area contributed by atoms with E-state index in [0.717, 1.165) is 11.1 Å². The fourth-order valence-corrected chi connectivity index (χ4v) is 4.80. The molecule has 3 aliphatic rings. The highest BCUT2D eigenvalue weighted by molar-refractivity contribution is 5.69. The number of carboxylic acid groups (broad SMARTS) is 1. The highest BCUT2D eigenvalue weighted by Crippen LogP contribution is 2.45. The van der Waals surface area contributed by atoms with Crippen LogP contribution in [0.3, 0.4) is 0 Å². The summed E-state index contributed by atoms with van der Waals surface area (Å²) < 4.78 is 43.5. The Bertz CT molecular complexity index is 1290. The van der Waals surface area contributed by atoms with Gasteiger partial charge >= 0.3 is 5.97 Å². The fraction of sp³-hybridized carbons (Fsp3) is 0.269. The van der Waals surface area contributed by atoms with Gasteiger partial charge in [0.2, 0.25) is 6.79 Å². The molecule has 0 spiro atoms. The molecule has 3 aromatic carbocycles. The number of benzene rings is 3. The summed E-state index contributed by atoms with van der Waals surface area (Å²) in [6, 6.07) is 13.7. The average Bonchev–Trinajstić information content (AvgIpc) is 3.54. The summed E-state index contributed by atoms with van der Waals surface area (Å²) in [6.07, 6.45) is 0.762. The first-order valence-corrected chi connectivity index (χ1v) is 11.1. The van der Waals surface area contributed by atoms with Crippen molar-refractivity contribution >= 4 is 5.97 Å². The third kappa shape index (κ3) is 3.65. The Hall–Kier alpha value is -3.94. The molecule has 7 nitrogen and oxygen atoms in total. The molecule has 2 aliphatic heterocycles. The Balaban J connectivity index is 1.23. The number of hydrogen-bond acceptors (Lipinski definition) is 6. The Morgan fingerprint density at radius 1 is 1.00 bits per heavy atom. The second-order valence-electron chi connectivity index (χ2n) is 8.51. The highest BCUT2D eigenvalue weighted by atomic mass is 19.1. The summed E-state index contributed by atoms with van der Waals surface area (Å²) in [4.78, 5) is 11.1. The van der Waals surface area contributed by atoms with Crippen LogP contribution in [0, 0.1) is 5.82 Å². The van der Waals surface area contributed by atoms with E-state index in [0.29, 0.717) is 59.5 Å². The van der Waals surface area contributed by atoms with E-state index < -0.39 is 12.1 Å². The molecule has 6 rings (SSSR count). The minimum absolute atomic E-state index is 0.0144. The lowest BCUT2D eigenvalue weighted by atomic mass is 9.98. The predicted octanol–water partition coefficient (Wildman–Crippen LogP) is 5.36. The zero-order valence-electron chi connectivity index (χ0n) is 18.1. The minimum Gasteiger partial charge on any atom is -0.492 e. The number of rotatable bonds is 6. The summed E-state index contributed by atoms with van der Waals surface area (Å²) in [5.74, 6) is 2.22. The zero-order valence-corrected chi connectivity index (χ0v) is 18.1. The summed E-state index contributed by atoms with van der Waals surface area (Å²) >= 11 is 0. The van der Waals surface area contributed by atoms with Crippen molar-refractivity contribution in [3.63, 3.8) is 0 Å². The number of carboxylic acids is 1. The van der Waals surface area contributed by atoms with Gasteiger partial charge in [0.25, 0.3) is 0 Å². The van der Waals surface area contributed by atoms with Gasteiger partial charge in [-0.25, -0.2) is 4.39 Å². The highest BCUT2D eigenvalue weighted by Gasteiger charge is 2.32. The number of hydrogen-bond donors (Lipinski definition) is 1. The van der Waals surface area contributed by atoms with Crippen LogP contribution < -0.4 is 23.7 Å². The van der Waals surface area contributed by atoms with E-state index >= 15 is 0 Å². The second-order valence-corrected chi connectivity index (χ2v) is 8.51. The van der Waals surface area contributed by atoms with Crippen LogP contribution in [0.1, 0.15) is 41.6 Å². The van der Waals surface area contributed by atoms with E-state index in [2.05, 4.69) is 0 Å². The standard InChI is InChI=1S/C26H21FO7/c27-19-5-8-20(33-16-2-6-21-24(11-16)32-13-31-21)18-4-7-22(26(18)19)34-15-1-3-17-14(9-25(28)29)12-30-23(17)10-15/h1-3,5-6,8,10-11,14,22H,4,7,9,12-13H2,(H,28,29)/t14?,22-/m1/s1. The molecule has 0 fully saturated rings. The summed E-state index contributed by atoms with van der Waals surface area (Å²) in [5.41, 5.74) is 2.12. The van der Waals surface area contributed by atoms with Gasteiger partial charge in [0.15, 0.2) is 11.5 Å². The third-order valence-corrected chi connectivity index (χ3v) is 6.38. The molecular formula is C26H21FO7. The SMILES string of the molecule is O=C(O)CC1COc2cc(O[C@@H]3CCc4c(Oc5ccc6c(c5)OCO6)ccc(F)c43)ccc21. The summed E-state index contributed by atoms with van der Waals surface area (Å²) in [7, 11) is 0. The lowest BCUT2D eigenvalue weighted by Crippen LogP contribution is -2.07. The van der Waals surface area contributed by atoms with E-state index in [1.54, 1.807) is 36.4 Å². The van der Waals surface area contributed by atoms with Gasteiger partial charge < -0.3 is 28.8 Å². The molecule has 1 aliphatic carbocycles. The van der Waals surface area contributed by atoms with Gasteiger partial charge in [-0.05, 0) is 43.2 Å². The molecule has 174 valence electrons. The molecular weight excluding hydrogens is 443 g/mol. The van der Waals surface area contributed by atoms with Crippen LogP contribution in [-0.2, 0) is 11.2 Å². The molecule has 1 unspecified atom stereocenters. The van der Waals surface area contributed by atoms with E-state index in [4.69, 9.17) is 28.8 Å². The number of fused-ring (bicyclic) bond motifs is 3. The van der Waals surface area contributed by atoms with Gasteiger partial charge in [-0.1, -0.05) is 6.07 Å². The smallest absolute Gasteiger partial charge is 0.304 e. The summed E-state index contributed by atoms with van der Waals surface area (Å²) in [5, 5.41) is 9.08. The molecule has 0 radical (unpaired) electrons. The monoisotopic (exact) mass is 464 g/mol. The maximum absolute atomic E-state index is 14.9. The second kappa shape index (κ2) is 8.13. The zero-order chi connectivity index (χ0) is 23.2. The number of aliphatic carboxylic acids is 1. The molecule has 2 heterocycles. The normalized spacial score (nSPS) is 19.3. The van der Waals surface area contributed by atoms with Crippen LogP contribution in [0.25, 0.3) is 0 Å². The van der Waals surface area contributed by atoms with Crippen LogP contribution in [0.15, 0.2) is 48.5 Å². The largest absolute Gasteiger partial charge is 0.492 e. The van der Waals surface area contributed by atoms with Crippen LogP contribution in [0.4, 0.5) is 4.39 Å². The van der Waals surface area contributed by atoms with Crippen molar-refractivity contribution in [1.82, 2.24) is 0 Å². The Morgan fingerprint density at radius 3 is 2.71 bits per heavy atom. The van der Waals surface area contributed by atoms with E-state index in [1.807, 2.05) is 6.07 Å². The number of halogens is 1. The van der Waals surface area contributed by atoms with E-state index in [-0.39, 0.29) is 24.9 Å². The average molecular weight is 464 g/mol. The molecule has 8 heteroatoms. The lowest BCUT2D eigenvalue weighted by molar-refractivity contribution is -0.137. The molecule has 0 saturated heterocycles. The van der Waals surface area contributed by atoms with Crippen molar-refractivity contribution in [2.45, 2.75) is 31.3 Å². The quantitative estimate of drug-likeness (QED) is 0.526. The fourth-order valence-electron chi connectivity index (χ4n) is 4.80. The molecule has 0 bridgehead atoms. The van der Waals surface area contributed by atoms with Crippen LogP contribution in [0.5, 0.6) is 34.5 Å². The van der Waals surface area contributed by atoms with Crippen molar-refractivity contribution in [3.05, 3.63) is 71.0 Å². The number of carbonyl (C=O) groups is 1. The Labute approximate surface area is 194 Å². The maximum Gasteiger partial charge on any atom is 0.304 e. The minimum atomic E-state index is -0.862. The Morgan fingerprint density at radius 2 is 1.82 bits per heavy atom. The lowest BCUT2D eigenvalue weighted by Gasteiger charge is -2.17. The maximum atomic E-state index is 14.9. The van der Waals surface area contributed by atoms with Crippen LogP contribution in [-0.4, -0.2) is 24.5 Å². The first-order valence-electron chi connectivity index (χ1n) is 11.1. The topological polar surface area (TPSA) is 83.5 Å².